The molecule has 24 heavy (non-hydrogen) atoms. The van der Waals surface area contributed by atoms with E-state index in [1.807, 2.05) is 31.2 Å². The van der Waals surface area contributed by atoms with Gasteiger partial charge < -0.3 is 10.4 Å². The second kappa shape index (κ2) is 6.25. The van der Waals surface area contributed by atoms with Crippen molar-refractivity contribution in [1.29, 1.82) is 0 Å². The average Bonchev–Trinajstić information content (AvgIpc) is 2.83. The summed E-state index contributed by atoms with van der Waals surface area (Å²) in [6.07, 6.45) is 1.65. The molecule has 1 aliphatic heterocycles. The molecule has 0 spiro atoms. The van der Waals surface area contributed by atoms with Gasteiger partial charge in [-0.1, -0.05) is 30.3 Å². The lowest BCUT2D eigenvalue weighted by molar-refractivity contribution is -0.113. The number of carbonyl (C=O) groups excluding carboxylic acids is 1. The second-order valence-electron chi connectivity index (χ2n) is 5.34. The molecule has 1 fully saturated rings. The van der Waals surface area contributed by atoms with E-state index in [4.69, 9.17) is 17.3 Å². The van der Waals surface area contributed by atoms with Gasteiger partial charge in [-0.15, -0.1) is 0 Å². The first-order valence-electron chi connectivity index (χ1n) is 7.23. The monoisotopic (exact) mass is 338 g/mol. The van der Waals surface area contributed by atoms with Crippen molar-refractivity contribution < 1.29 is 14.7 Å². The van der Waals surface area contributed by atoms with E-state index in [9.17, 15) is 9.59 Å². The molecule has 0 aliphatic carbocycles. The zero-order chi connectivity index (χ0) is 17.3. The molecule has 0 bridgehead atoms. The predicted molar refractivity (Wildman–Crippen MR) is 95.8 cm³/mol. The highest BCUT2D eigenvalue weighted by Crippen LogP contribution is 2.25. The standard InChI is InChI=1S/C18H14N2O3S/c1-11-4-2-3-5-15(11)20-16(21)14(19-18(20)24)10-12-6-8-13(9-7-12)17(22)23/h2-10H,1H3,(H,19,24)(H,22,23). The number of rotatable bonds is 3. The summed E-state index contributed by atoms with van der Waals surface area (Å²) in [6.45, 7) is 1.91. The Labute approximate surface area is 144 Å². The molecule has 5 nitrogen and oxygen atoms in total. The van der Waals surface area contributed by atoms with Crippen LogP contribution >= 0.6 is 12.2 Å². The minimum atomic E-state index is -0.990. The zero-order valence-corrected chi connectivity index (χ0v) is 13.6. The van der Waals surface area contributed by atoms with Crippen LogP contribution in [0.1, 0.15) is 21.5 Å². The Morgan fingerprint density at radius 1 is 1.17 bits per heavy atom. The highest BCUT2D eigenvalue weighted by Gasteiger charge is 2.32. The van der Waals surface area contributed by atoms with Gasteiger partial charge in [-0.05, 0) is 54.5 Å². The Balaban J connectivity index is 1.91. The van der Waals surface area contributed by atoms with Crippen molar-refractivity contribution in [2.45, 2.75) is 6.92 Å². The van der Waals surface area contributed by atoms with Crippen molar-refractivity contribution in [2.24, 2.45) is 0 Å². The van der Waals surface area contributed by atoms with Crippen molar-refractivity contribution in [3.05, 3.63) is 70.9 Å². The highest BCUT2D eigenvalue weighted by atomic mass is 32.1. The normalized spacial score (nSPS) is 15.7. The maximum absolute atomic E-state index is 12.7. The van der Waals surface area contributed by atoms with E-state index in [2.05, 4.69) is 5.32 Å². The number of carboxylic acid groups (broad SMARTS) is 1. The van der Waals surface area contributed by atoms with Crippen LogP contribution in [0, 0.1) is 6.92 Å². The van der Waals surface area contributed by atoms with E-state index >= 15 is 0 Å². The largest absolute Gasteiger partial charge is 0.478 e. The van der Waals surface area contributed by atoms with Gasteiger partial charge in [0.15, 0.2) is 5.11 Å². The summed E-state index contributed by atoms with van der Waals surface area (Å²) in [5.74, 6) is -1.23. The van der Waals surface area contributed by atoms with Gasteiger partial charge in [0.25, 0.3) is 5.91 Å². The fourth-order valence-electron chi connectivity index (χ4n) is 2.46. The van der Waals surface area contributed by atoms with Crippen LogP contribution < -0.4 is 10.2 Å². The number of nitrogens with one attached hydrogen (secondary N) is 1. The Kier molecular flexibility index (Phi) is 4.14. The molecule has 120 valence electrons. The summed E-state index contributed by atoms with van der Waals surface area (Å²) < 4.78 is 0. The Morgan fingerprint density at radius 3 is 2.46 bits per heavy atom. The molecule has 2 N–H and O–H groups in total. The first-order valence-corrected chi connectivity index (χ1v) is 7.64. The molecule has 1 amide bonds. The third-order valence-corrected chi connectivity index (χ3v) is 3.99. The molecule has 2 aromatic rings. The van der Waals surface area contributed by atoms with Crippen LogP contribution in [-0.2, 0) is 4.79 Å². The lowest BCUT2D eigenvalue weighted by atomic mass is 10.1. The van der Waals surface area contributed by atoms with Gasteiger partial charge >= 0.3 is 5.97 Å². The molecule has 2 aromatic carbocycles. The van der Waals surface area contributed by atoms with E-state index in [-0.39, 0.29) is 11.5 Å². The molecule has 1 saturated heterocycles. The minimum absolute atomic E-state index is 0.194. The Morgan fingerprint density at radius 2 is 1.83 bits per heavy atom. The van der Waals surface area contributed by atoms with Crippen LogP contribution in [0.5, 0.6) is 0 Å². The third kappa shape index (κ3) is 2.91. The lowest BCUT2D eigenvalue weighted by Crippen LogP contribution is -2.30. The molecule has 0 aromatic heterocycles. The van der Waals surface area contributed by atoms with Gasteiger partial charge in [0.1, 0.15) is 5.70 Å². The molecular weight excluding hydrogens is 324 g/mol. The van der Waals surface area contributed by atoms with Crippen molar-refractivity contribution >= 4 is 41.0 Å². The summed E-state index contributed by atoms with van der Waals surface area (Å²) in [7, 11) is 0. The summed E-state index contributed by atoms with van der Waals surface area (Å²) in [5.41, 5.74) is 2.95. The van der Waals surface area contributed by atoms with Gasteiger partial charge in [0, 0.05) is 0 Å². The molecule has 0 saturated carbocycles. The number of para-hydroxylation sites is 1. The average molecular weight is 338 g/mol. The van der Waals surface area contributed by atoms with E-state index in [1.54, 1.807) is 18.2 Å². The number of benzene rings is 2. The second-order valence-corrected chi connectivity index (χ2v) is 5.73. The topological polar surface area (TPSA) is 69.6 Å². The molecule has 0 atom stereocenters. The maximum atomic E-state index is 12.7. The van der Waals surface area contributed by atoms with Gasteiger partial charge in [-0.2, -0.15) is 0 Å². The van der Waals surface area contributed by atoms with Gasteiger partial charge in [-0.3, -0.25) is 9.69 Å². The minimum Gasteiger partial charge on any atom is -0.478 e. The number of thiocarbonyl (C=S) groups is 1. The molecule has 1 heterocycles. The first-order chi connectivity index (χ1) is 11.5. The Bertz CT molecular complexity index is 872. The summed E-state index contributed by atoms with van der Waals surface area (Å²) in [6, 6.07) is 13.8. The molecule has 0 radical (unpaired) electrons. The number of aromatic carboxylic acids is 1. The summed E-state index contributed by atoms with van der Waals surface area (Å²) in [4.78, 5) is 25.0. The zero-order valence-electron chi connectivity index (χ0n) is 12.8. The van der Waals surface area contributed by atoms with Crippen molar-refractivity contribution in [2.75, 3.05) is 4.90 Å². The predicted octanol–water partition coefficient (Wildman–Crippen LogP) is 2.96. The van der Waals surface area contributed by atoms with Gasteiger partial charge in [-0.25, -0.2) is 4.79 Å². The summed E-state index contributed by atoms with van der Waals surface area (Å²) >= 11 is 5.28. The highest BCUT2D eigenvalue weighted by molar-refractivity contribution is 7.80. The molecule has 6 heteroatoms. The Hall–Kier alpha value is -2.99. The number of anilines is 1. The van der Waals surface area contributed by atoms with Crippen LogP contribution in [-0.4, -0.2) is 22.1 Å². The fraction of sp³-hybridized carbons (Fsp3) is 0.0556. The van der Waals surface area contributed by atoms with Gasteiger partial charge in [0.05, 0.1) is 11.3 Å². The van der Waals surface area contributed by atoms with Crippen LogP contribution in [0.2, 0.25) is 0 Å². The van der Waals surface area contributed by atoms with Gasteiger partial charge in [0.2, 0.25) is 0 Å². The third-order valence-electron chi connectivity index (χ3n) is 3.70. The fourth-order valence-corrected chi connectivity index (χ4v) is 2.75. The number of hydrogen-bond acceptors (Lipinski definition) is 3. The SMILES string of the molecule is Cc1ccccc1N1C(=O)C(=Cc2ccc(C(=O)O)cc2)NC1=S. The maximum Gasteiger partial charge on any atom is 0.335 e. The number of nitrogens with zero attached hydrogens (tertiary/aromatic N) is 1. The van der Waals surface area contributed by atoms with E-state index in [0.29, 0.717) is 16.4 Å². The number of carbonyl (C=O) groups is 2. The molecule has 1 aliphatic rings. The van der Waals surface area contributed by atoms with Crippen LogP contribution in [0.3, 0.4) is 0 Å². The van der Waals surface area contributed by atoms with Crippen LogP contribution in [0.4, 0.5) is 5.69 Å². The van der Waals surface area contributed by atoms with Crippen molar-refractivity contribution in [1.82, 2.24) is 5.32 Å². The van der Waals surface area contributed by atoms with Crippen LogP contribution in [0.15, 0.2) is 54.2 Å². The molecule has 3 rings (SSSR count). The van der Waals surface area contributed by atoms with E-state index in [0.717, 1.165) is 11.3 Å². The van der Waals surface area contributed by atoms with E-state index in [1.165, 1.54) is 17.0 Å². The number of amides is 1. The molecular formula is C18H14N2O3S. The lowest BCUT2D eigenvalue weighted by Gasteiger charge is -2.16. The molecule has 0 unspecified atom stereocenters. The van der Waals surface area contributed by atoms with Crippen LogP contribution in [0.25, 0.3) is 6.08 Å². The number of hydrogen-bond donors (Lipinski definition) is 2. The smallest absolute Gasteiger partial charge is 0.335 e. The van der Waals surface area contributed by atoms with E-state index < -0.39 is 5.97 Å². The summed E-state index contributed by atoms with van der Waals surface area (Å²) in [5, 5.41) is 12.2. The quantitative estimate of drug-likeness (QED) is 0.665. The van der Waals surface area contributed by atoms with Crippen molar-refractivity contribution in [3.8, 4) is 0 Å². The number of carboxylic acids is 1. The number of aryl methyl sites for hydroxylation is 1. The van der Waals surface area contributed by atoms with Crippen molar-refractivity contribution in [3.63, 3.8) is 0 Å². The first kappa shape index (κ1) is 15.9.